The molecule has 3 rings (SSSR count). The molecule has 0 saturated carbocycles. The van der Waals surface area contributed by atoms with Gasteiger partial charge in [-0.2, -0.15) is 0 Å². The van der Waals surface area contributed by atoms with Crippen LogP contribution in [0.3, 0.4) is 0 Å². The molecule has 1 aliphatic heterocycles. The minimum absolute atomic E-state index is 0.119. The second-order valence-corrected chi connectivity index (χ2v) is 6.19. The van der Waals surface area contributed by atoms with Crippen LogP contribution in [0.25, 0.3) is 11.4 Å². The summed E-state index contributed by atoms with van der Waals surface area (Å²) in [5, 5.41) is 0. The highest BCUT2D eigenvalue weighted by molar-refractivity contribution is 9.10. The Hall–Kier alpha value is -1.62. The van der Waals surface area contributed by atoms with Crippen LogP contribution in [-0.2, 0) is 12.8 Å². The van der Waals surface area contributed by atoms with E-state index < -0.39 is 0 Å². The van der Waals surface area contributed by atoms with E-state index in [0.717, 1.165) is 37.1 Å². The molecule has 1 N–H and O–H groups in total. The molecular formula is C16H18BrN3O. The SMILES string of the molecule is CCc1nc(-c2ccc3c(c2)CCCN3C)[nH]c(=O)c1Br. The third-order valence-electron chi connectivity index (χ3n) is 3.97. The van der Waals surface area contributed by atoms with Gasteiger partial charge in [0.2, 0.25) is 0 Å². The molecule has 110 valence electrons. The molecule has 0 aliphatic carbocycles. The summed E-state index contributed by atoms with van der Waals surface area (Å²) in [5.74, 6) is 0.649. The standard InChI is InChI=1S/C16H18BrN3O/c1-3-12-14(17)16(21)19-15(18-12)11-6-7-13-10(9-11)5-4-8-20(13)2/h6-7,9H,3-5,8H2,1-2H3,(H,18,19,21). The monoisotopic (exact) mass is 347 g/mol. The number of H-pyrrole nitrogens is 1. The third kappa shape index (κ3) is 2.62. The van der Waals surface area contributed by atoms with Gasteiger partial charge in [0.1, 0.15) is 10.3 Å². The second-order valence-electron chi connectivity index (χ2n) is 5.40. The first-order chi connectivity index (χ1) is 10.1. The molecule has 0 bridgehead atoms. The summed E-state index contributed by atoms with van der Waals surface area (Å²) in [4.78, 5) is 21.7. The van der Waals surface area contributed by atoms with Gasteiger partial charge >= 0.3 is 0 Å². The molecule has 0 amide bonds. The third-order valence-corrected chi connectivity index (χ3v) is 4.79. The first-order valence-electron chi connectivity index (χ1n) is 7.23. The van der Waals surface area contributed by atoms with Crippen LogP contribution in [0.15, 0.2) is 27.5 Å². The van der Waals surface area contributed by atoms with Gasteiger partial charge in [-0.3, -0.25) is 4.79 Å². The van der Waals surface area contributed by atoms with Crippen molar-refractivity contribution in [3.05, 3.63) is 44.3 Å². The molecule has 5 heteroatoms. The molecule has 0 spiro atoms. The molecule has 0 unspecified atom stereocenters. The van der Waals surface area contributed by atoms with Gasteiger partial charge in [-0.1, -0.05) is 6.92 Å². The second kappa shape index (κ2) is 5.64. The van der Waals surface area contributed by atoms with Crippen LogP contribution < -0.4 is 10.5 Å². The van der Waals surface area contributed by atoms with E-state index in [2.05, 4.69) is 50.0 Å². The van der Waals surface area contributed by atoms with E-state index in [1.165, 1.54) is 11.3 Å². The lowest BCUT2D eigenvalue weighted by atomic mass is 9.99. The lowest BCUT2D eigenvalue weighted by Gasteiger charge is -2.27. The Bertz CT molecular complexity index is 739. The van der Waals surface area contributed by atoms with E-state index in [9.17, 15) is 4.79 Å². The van der Waals surface area contributed by atoms with E-state index in [1.807, 2.05) is 13.0 Å². The largest absolute Gasteiger partial charge is 0.374 e. The Balaban J connectivity index is 2.09. The van der Waals surface area contributed by atoms with Gasteiger partial charge in [0, 0.05) is 24.8 Å². The zero-order valence-corrected chi connectivity index (χ0v) is 13.8. The highest BCUT2D eigenvalue weighted by Crippen LogP contribution is 2.29. The van der Waals surface area contributed by atoms with E-state index in [4.69, 9.17) is 0 Å². The number of aromatic nitrogens is 2. The summed E-state index contributed by atoms with van der Waals surface area (Å²) in [6.45, 7) is 3.10. The zero-order chi connectivity index (χ0) is 15.0. The van der Waals surface area contributed by atoms with Crippen LogP contribution >= 0.6 is 15.9 Å². The molecule has 21 heavy (non-hydrogen) atoms. The summed E-state index contributed by atoms with van der Waals surface area (Å²) in [6, 6.07) is 6.31. The molecule has 2 heterocycles. The van der Waals surface area contributed by atoms with Crippen molar-refractivity contribution in [1.82, 2.24) is 9.97 Å². The maximum absolute atomic E-state index is 12.0. The smallest absolute Gasteiger partial charge is 0.265 e. The van der Waals surface area contributed by atoms with Crippen molar-refractivity contribution in [3.8, 4) is 11.4 Å². The van der Waals surface area contributed by atoms with Crippen molar-refractivity contribution in [3.63, 3.8) is 0 Å². The number of hydrogen-bond acceptors (Lipinski definition) is 3. The van der Waals surface area contributed by atoms with Crippen molar-refractivity contribution in [1.29, 1.82) is 0 Å². The number of hydrogen-bond donors (Lipinski definition) is 1. The van der Waals surface area contributed by atoms with Crippen LogP contribution in [-0.4, -0.2) is 23.6 Å². The highest BCUT2D eigenvalue weighted by Gasteiger charge is 2.15. The van der Waals surface area contributed by atoms with Gasteiger partial charge in [-0.15, -0.1) is 0 Å². The maximum atomic E-state index is 12.0. The number of halogens is 1. The summed E-state index contributed by atoms with van der Waals surface area (Å²) in [7, 11) is 2.12. The molecule has 1 aromatic heterocycles. The summed E-state index contributed by atoms with van der Waals surface area (Å²) >= 11 is 3.30. The van der Waals surface area contributed by atoms with Gasteiger partial charge < -0.3 is 9.88 Å². The number of anilines is 1. The fourth-order valence-electron chi connectivity index (χ4n) is 2.81. The number of nitrogens with one attached hydrogen (secondary N) is 1. The van der Waals surface area contributed by atoms with Crippen molar-refractivity contribution in [2.24, 2.45) is 0 Å². The normalized spacial score (nSPS) is 14.1. The molecule has 2 aromatic rings. The minimum Gasteiger partial charge on any atom is -0.374 e. The maximum Gasteiger partial charge on any atom is 0.265 e. The van der Waals surface area contributed by atoms with Gasteiger partial charge in [0.15, 0.2) is 0 Å². The van der Waals surface area contributed by atoms with Crippen LogP contribution in [0, 0.1) is 0 Å². The average molecular weight is 348 g/mol. The Morgan fingerprint density at radius 2 is 2.24 bits per heavy atom. The first-order valence-corrected chi connectivity index (χ1v) is 8.02. The van der Waals surface area contributed by atoms with Crippen molar-refractivity contribution in [2.45, 2.75) is 26.2 Å². The van der Waals surface area contributed by atoms with Crippen LogP contribution in [0.4, 0.5) is 5.69 Å². The van der Waals surface area contributed by atoms with E-state index >= 15 is 0 Å². The molecule has 1 aromatic carbocycles. The minimum atomic E-state index is -0.119. The van der Waals surface area contributed by atoms with Gasteiger partial charge in [0.25, 0.3) is 5.56 Å². The van der Waals surface area contributed by atoms with Gasteiger partial charge in [-0.05, 0) is 59.0 Å². The lowest BCUT2D eigenvalue weighted by molar-refractivity contribution is 0.744. The molecule has 0 radical (unpaired) electrons. The summed E-state index contributed by atoms with van der Waals surface area (Å²) in [6.07, 6.45) is 2.97. The van der Waals surface area contributed by atoms with E-state index in [-0.39, 0.29) is 5.56 Å². The number of fused-ring (bicyclic) bond motifs is 1. The van der Waals surface area contributed by atoms with Crippen LogP contribution in [0.5, 0.6) is 0 Å². The summed E-state index contributed by atoms with van der Waals surface area (Å²) < 4.78 is 0.534. The number of nitrogens with zero attached hydrogens (tertiary/aromatic N) is 2. The number of benzene rings is 1. The topological polar surface area (TPSA) is 49.0 Å². The van der Waals surface area contributed by atoms with Gasteiger partial charge in [0.05, 0.1) is 5.69 Å². The number of rotatable bonds is 2. The first kappa shape index (κ1) is 14.3. The molecule has 1 aliphatic rings. The molecule has 0 atom stereocenters. The average Bonchev–Trinajstić information content (AvgIpc) is 2.50. The molecule has 0 fully saturated rings. The fraction of sp³-hybridized carbons (Fsp3) is 0.375. The predicted octanol–water partition coefficient (Wildman–Crippen LogP) is 3.14. The Kier molecular flexibility index (Phi) is 3.85. The Morgan fingerprint density at radius 3 is 3.00 bits per heavy atom. The number of aryl methyl sites for hydroxylation is 2. The van der Waals surface area contributed by atoms with E-state index in [1.54, 1.807) is 0 Å². The Labute approximate surface area is 132 Å². The van der Waals surface area contributed by atoms with Crippen molar-refractivity contribution < 1.29 is 0 Å². The quantitative estimate of drug-likeness (QED) is 0.907. The van der Waals surface area contributed by atoms with E-state index in [0.29, 0.717) is 10.3 Å². The van der Waals surface area contributed by atoms with Crippen LogP contribution in [0.2, 0.25) is 0 Å². The Morgan fingerprint density at radius 1 is 1.43 bits per heavy atom. The molecule has 4 nitrogen and oxygen atoms in total. The molecule has 0 saturated heterocycles. The van der Waals surface area contributed by atoms with Crippen LogP contribution in [0.1, 0.15) is 24.6 Å². The lowest BCUT2D eigenvalue weighted by Crippen LogP contribution is -2.24. The predicted molar refractivity (Wildman–Crippen MR) is 89.0 cm³/mol. The highest BCUT2D eigenvalue weighted by atomic mass is 79.9. The van der Waals surface area contributed by atoms with Crippen molar-refractivity contribution >= 4 is 21.6 Å². The molecular weight excluding hydrogens is 330 g/mol. The zero-order valence-electron chi connectivity index (χ0n) is 12.2. The van der Waals surface area contributed by atoms with Gasteiger partial charge in [-0.25, -0.2) is 4.98 Å². The fourth-order valence-corrected chi connectivity index (χ4v) is 3.28. The number of aromatic amines is 1. The van der Waals surface area contributed by atoms with Crippen molar-refractivity contribution in [2.75, 3.05) is 18.5 Å². The summed E-state index contributed by atoms with van der Waals surface area (Å²) in [5.41, 5.74) is 4.25.